The van der Waals surface area contributed by atoms with E-state index < -0.39 is 5.60 Å². The van der Waals surface area contributed by atoms with Crippen molar-refractivity contribution in [2.45, 2.75) is 38.7 Å². The summed E-state index contributed by atoms with van der Waals surface area (Å²) in [5.74, 6) is -0.405. The van der Waals surface area contributed by atoms with Gasteiger partial charge in [0.05, 0.1) is 17.9 Å². The lowest BCUT2D eigenvalue weighted by molar-refractivity contribution is -0.130. The van der Waals surface area contributed by atoms with Crippen molar-refractivity contribution in [1.29, 1.82) is 0 Å². The van der Waals surface area contributed by atoms with E-state index in [1.165, 1.54) is 0 Å². The first-order chi connectivity index (χ1) is 22.8. The van der Waals surface area contributed by atoms with E-state index in [1.807, 2.05) is 72.8 Å². The molecular formula is C38H47ClN4O4. The number of nitrogens with zero attached hydrogens (tertiary/aromatic N) is 4. The molecule has 2 amide bonds. The number of hydrogen-bond acceptors (Lipinski definition) is 6. The number of piperidine rings is 1. The van der Waals surface area contributed by atoms with E-state index in [4.69, 9.17) is 11.6 Å². The molecule has 9 heteroatoms. The predicted octanol–water partition coefficient (Wildman–Crippen LogP) is 5.27. The highest BCUT2D eigenvalue weighted by molar-refractivity contribution is 6.30. The molecule has 0 radical (unpaired) electrons. The maximum Gasteiger partial charge on any atom is 0.259 e. The molecule has 0 spiro atoms. The van der Waals surface area contributed by atoms with Gasteiger partial charge in [0.15, 0.2) is 0 Å². The zero-order chi connectivity index (χ0) is 33.4. The van der Waals surface area contributed by atoms with E-state index in [0.29, 0.717) is 42.2 Å². The molecule has 2 heterocycles. The topological polar surface area (TPSA) is 87.6 Å². The highest BCUT2D eigenvalue weighted by Crippen LogP contribution is 2.39. The zero-order valence-electron chi connectivity index (χ0n) is 27.6. The molecule has 0 bridgehead atoms. The molecule has 0 atom stereocenters. The van der Waals surface area contributed by atoms with Gasteiger partial charge < -0.3 is 24.9 Å². The summed E-state index contributed by atoms with van der Waals surface area (Å²) >= 11 is 6.06. The van der Waals surface area contributed by atoms with Crippen LogP contribution in [-0.2, 0) is 10.4 Å². The van der Waals surface area contributed by atoms with Crippen LogP contribution in [0, 0.1) is 0 Å². The SMILES string of the molecule is CCN(CC)CCN(CCO)C(=O)CN1C(=O)c2ccccc2/C(=C/CCN2CCC(O)(c3ccc(Cl)cc3)CC2)c2ccccc21. The number of carbonyl (C=O) groups is 2. The van der Waals surface area contributed by atoms with Crippen LogP contribution in [0.3, 0.4) is 0 Å². The van der Waals surface area contributed by atoms with Crippen molar-refractivity contribution < 1.29 is 19.8 Å². The van der Waals surface area contributed by atoms with Gasteiger partial charge >= 0.3 is 0 Å². The van der Waals surface area contributed by atoms with Crippen molar-refractivity contribution in [3.05, 3.63) is 106 Å². The van der Waals surface area contributed by atoms with Gasteiger partial charge in [0.1, 0.15) is 6.54 Å². The fraction of sp³-hybridized carbons (Fsp3) is 0.421. The van der Waals surface area contributed by atoms with Crippen LogP contribution in [-0.4, -0.2) is 102 Å². The molecule has 47 heavy (non-hydrogen) atoms. The Bertz CT molecular complexity index is 1550. The highest BCUT2D eigenvalue weighted by atomic mass is 35.5. The van der Waals surface area contributed by atoms with Crippen LogP contribution in [0.5, 0.6) is 0 Å². The lowest BCUT2D eigenvalue weighted by atomic mass is 9.84. The standard InChI is InChI=1S/C38H47ClN4O4/c1-3-40(4-2)24-25-42(26-27-44)36(45)28-43-35-14-8-7-11-33(35)31(32-10-5-6-12-34(32)37(43)46)13-9-21-41-22-19-38(47,20-23-41)29-15-17-30(39)18-16-29/h5-8,10-18,44,47H,3-4,9,19-28H2,1-2H3/b31-13-. The number of fused-ring (bicyclic) bond motifs is 2. The van der Waals surface area contributed by atoms with Crippen LogP contribution >= 0.6 is 11.6 Å². The number of hydrogen-bond donors (Lipinski definition) is 2. The van der Waals surface area contributed by atoms with Crippen molar-refractivity contribution in [1.82, 2.24) is 14.7 Å². The first-order valence-electron chi connectivity index (χ1n) is 16.8. The Morgan fingerprint density at radius 2 is 1.53 bits per heavy atom. The molecule has 2 aliphatic rings. The fourth-order valence-corrected chi connectivity index (χ4v) is 6.85. The summed E-state index contributed by atoms with van der Waals surface area (Å²) in [4.78, 5) is 35.7. The summed E-state index contributed by atoms with van der Waals surface area (Å²) in [6.45, 7) is 9.49. The highest BCUT2D eigenvalue weighted by Gasteiger charge is 2.34. The Morgan fingerprint density at radius 1 is 0.894 bits per heavy atom. The minimum atomic E-state index is -0.849. The third-order valence-electron chi connectivity index (χ3n) is 9.63. The minimum absolute atomic E-state index is 0.111. The number of rotatable bonds is 13. The number of aliphatic hydroxyl groups excluding tert-OH is 1. The van der Waals surface area contributed by atoms with Gasteiger partial charge in [-0.3, -0.25) is 14.5 Å². The summed E-state index contributed by atoms with van der Waals surface area (Å²) in [6.07, 6.45) is 4.27. The zero-order valence-corrected chi connectivity index (χ0v) is 28.3. The first-order valence-corrected chi connectivity index (χ1v) is 17.2. The van der Waals surface area contributed by atoms with E-state index in [0.717, 1.165) is 61.4 Å². The molecule has 3 aromatic carbocycles. The first kappa shape index (κ1) is 34.8. The number of aliphatic hydroxyl groups is 2. The second-order valence-corrected chi connectivity index (χ2v) is 12.8. The van der Waals surface area contributed by atoms with Crippen LogP contribution in [0.25, 0.3) is 5.57 Å². The molecule has 5 rings (SSSR count). The maximum absolute atomic E-state index is 14.2. The van der Waals surface area contributed by atoms with E-state index in [9.17, 15) is 19.8 Å². The number of para-hydroxylation sites is 1. The number of carbonyl (C=O) groups excluding carboxylic acids is 2. The lowest BCUT2D eigenvalue weighted by Crippen LogP contribution is -2.46. The van der Waals surface area contributed by atoms with Crippen molar-refractivity contribution in [3.8, 4) is 0 Å². The molecule has 250 valence electrons. The summed E-state index contributed by atoms with van der Waals surface area (Å²) < 4.78 is 0. The van der Waals surface area contributed by atoms with Crippen molar-refractivity contribution in [2.75, 3.05) is 70.4 Å². The van der Waals surface area contributed by atoms with Gasteiger partial charge in [0.2, 0.25) is 5.91 Å². The Balaban J connectivity index is 1.35. The quantitative estimate of drug-likeness (QED) is 0.260. The Kier molecular flexibility index (Phi) is 11.9. The molecule has 0 saturated carbocycles. The number of amides is 2. The van der Waals surface area contributed by atoms with Crippen molar-refractivity contribution >= 4 is 34.7 Å². The van der Waals surface area contributed by atoms with Crippen LogP contribution in [0.1, 0.15) is 60.2 Å². The molecule has 0 aromatic heterocycles. The van der Waals surface area contributed by atoms with E-state index >= 15 is 0 Å². The number of likely N-dealkylation sites (tertiary alicyclic amines) is 1. The van der Waals surface area contributed by atoms with Gasteiger partial charge in [-0.2, -0.15) is 0 Å². The van der Waals surface area contributed by atoms with Gasteiger partial charge in [-0.05, 0) is 73.3 Å². The van der Waals surface area contributed by atoms with E-state index in [2.05, 4.69) is 29.7 Å². The van der Waals surface area contributed by atoms with Crippen LogP contribution in [0.2, 0.25) is 5.02 Å². The maximum atomic E-state index is 14.2. The average Bonchev–Trinajstić information content (AvgIpc) is 3.18. The second-order valence-electron chi connectivity index (χ2n) is 12.4. The van der Waals surface area contributed by atoms with E-state index in [1.54, 1.807) is 9.80 Å². The van der Waals surface area contributed by atoms with Crippen LogP contribution in [0.4, 0.5) is 5.69 Å². The molecule has 8 nitrogen and oxygen atoms in total. The summed E-state index contributed by atoms with van der Waals surface area (Å²) in [7, 11) is 0. The summed E-state index contributed by atoms with van der Waals surface area (Å²) in [5, 5.41) is 21.7. The predicted molar refractivity (Wildman–Crippen MR) is 189 cm³/mol. The normalized spacial score (nSPS) is 17.0. The van der Waals surface area contributed by atoms with Crippen molar-refractivity contribution in [3.63, 3.8) is 0 Å². The molecule has 0 aliphatic carbocycles. The molecule has 2 aliphatic heterocycles. The molecule has 1 saturated heterocycles. The summed E-state index contributed by atoms with van der Waals surface area (Å²) in [5.41, 5.74) is 4.06. The van der Waals surface area contributed by atoms with Gasteiger partial charge in [0.25, 0.3) is 5.91 Å². The third-order valence-corrected chi connectivity index (χ3v) is 9.88. The minimum Gasteiger partial charge on any atom is -0.395 e. The second kappa shape index (κ2) is 16.0. The van der Waals surface area contributed by atoms with Gasteiger partial charge in [0, 0.05) is 55.4 Å². The third kappa shape index (κ3) is 8.13. The summed E-state index contributed by atoms with van der Waals surface area (Å²) in [6, 6.07) is 22.9. The molecular weight excluding hydrogens is 612 g/mol. The van der Waals surface area contributed by atoms with Gasteiger partial charge in [-0.1, -0.05) is 80.1 Å². The largest absolute Gasteiger partial charge is 0.395 e. The van der Waals surface area contributed by atoms with Crippen molar-refractivity contribution in [2.24, 2.45) is 0 Å². The van der Waals surface area contributed by atoms with Crippen LogP contribution < -0.4 is 4.90 Å². The number of halogens is 1. The van der Waals surface area contributed by atoms with Gasteiger partial charge in [-0.25, -0.2) is 0 Å². The Hall–Kier alpha value is -3.53. The smallest absolute Gasteiger partial charge is 0.259 e. The Labute approximate surface area is 283 Å². The molecule has 3 aromatic rings. The molecule has 2 N–H and O–H groups in total. The fourth-order valence-electron chi connectivity index (χ4n) is 6.72. The Morgan fingerprint density at radius 3 is 2.19 bits per heavy atom. The average molecular weight is 659 g/mol. The number of benzene rings is 3. The van der Waals surface area contributed by atoms with Crippen LogP contribution in [0.15, 0.2) is 78.9 Å². The monoisotopic (exact) mass is 658 g/mol. The molecule has 0 unspecified atom stereocenters. The number of anilines is 1. The number of likely N-dealkylation sites (N-methyl/N-ethyl adjacent to an activating group) is 1. The van der Waals surface area contributed by atoms with E-state index in [-0.39, 0.29) is 31.5 Å². The van der Waals surface area contributed by atoms with Gasteiger partial charge in [-0.15, -0.1) is 0 Å². The molecule has 1 fully saturated rings. The lowest BCUT2D eigenvalue weighted by Gasteiger charge is -2.38.